The molecule has 0 fully saturated rings. The predicted octanol–water partition coefficient (Wildman–Crippen LogP) is 5.11. The second-order valence-electron chi connectivity index (χ2n) is 7.83. The van der Waals surface area contributed by atoms with Crippen LogP contribution < -0.4 is 5.32 Å². The highest BCUT2D eigenvalue weighted by Crippen LogP contribution is 2.25. The zero-order chi connectivity index (χ0) is 24.1. The predicted molar refractivity (Wildman–Crippen MR) is 133 cm³/mol. The van der Waals surface area contributed by atoms with E-state index in [1.54, 1.807) is 13.0 Å². The fourth-order valence-electron chi connectivity index (χ4n) is 3.41. The Hall–Kier alpha value is -3.98. The molecule has 172 valence electrons. The van der Waals surface area contributed by atoms with Crippen LogP contribution in [-0.4, -0.2) is 31.3 Å². The van der Waals surface area contributed by atoms with Gasteiger partial charge in [-0.25, -0.2) is 0 Å². The summed E-state index contributed by atoms with van der Waals surface area (Å²) in [7, 11) is 0. The van der Waals surface area contributed by atoms with Gasteiger partial charge in [0.2, 0.25) is 5.91 Å². The third-order valence-corrected chi connectivity index (χ3v) is 6.16. The van der Waals surface area contributed by atoms with Gasteiger partial charge < -0.3 is 5.32 Å². The van der Waals surface area contributed by atoms with E-state index in [9.17, 15) is 14.9 Å². The van der Waals surface area contributed by atoms with Crippen LogP contribution in [0.4, 0.5) is 11.4 Å². The molecule has 0 saturated heterocycles. The number of aromatic nitrogens is 3. The maximum atomic E-state index is 12.7. The van der Waals surface area contributed by atoms with Crippen LogP contribution in [0.25, 0.3) is 5.69 Å². The van der Waals surface area contributed by atoms with Gasteiger partial charge in [0, 0.05) is 24.2 Å². The molecule has 0 saturated carbocycles. The van der Waals surface area contributed by atoms with E-state index < -0.39 is 4.92 Å². The van der Waals surface area contributed by atoms with Gasteiger partial charge in [-0.3, -0.25) is 19.5 Å². The Morgan fingerprint density at radius 1 is 1.03 bits per heavy atom. The number of nitrogens with one attached hydrogen (secondary N) is 1. The third kappa shape index (κ3) is 5.49. The highest BCUT2D eigenvalue weighted by molar-refractivity contribution is 7.99. The Morgan fingerprint density at radius 3 is 2.47 bits per heavy atom. The number of carbonyl (C=O) groups is 1. The first-order valence-corrected chi connectivity index (χ1v) is 11.6. The van der Waals surface area contributed by atoms with E-state index >= 15 is 0 Å². The monoisotopic (exact) mass is 473 g/mol. The molecule has 8 nitrogen and oxygen atoms in total. The molecule has 1 aromatic heterocycles. The minimum Gasteiger partial charge on any atom is -0.325 e. The Balaban J connectivity index is 1.54. The maximum Gasteiger partial charge on any atom is 0.271 e. The van der Waals surface area contributed by atoms with Gasteiger partial charge in [0.15, 0.2) is 5.16 Å². The number of carbonyl (C=O) groups excluding carboxylic acids is 1. The summed E-state index contributed by atoms with van der Waals surface area (Å²) in [5.74, 6) is 0.571. The van der Waals surface area contributed by atoms with Crippen LogP contribution in [0.15, 0.2) is 78.0 Å². The van der Waals surface area contributed by atoms with Crippen LogP contribution in [-0.2, 0) is 11.2 Å². The zero-order valence-corrected chi connectivity index (χ0v) is 19.6. The van der Waals surface area contributed by atoms with Crippen molar-refractivity contribution in [3.63, 3.8) is 0 Å². The van der Waals surface area contributed by atoms with Crippen molar-refractivity contribution in [1.29, 1.82) is 0 Å². The summed E-state index contributed by atoms with van der Waals surface area (Å²) in [6.45, 7) is 3.81. The van der Waals surface area contributed by atoms with Crippen molar-refractivity contribution in [2.24, 2.45) is 0 Å². The molecule has 1 heterocycles. The minimum atomic E-state index is -0.484. The molecule has 9 heteroatoms. The lowest BCUT2D eigenvalue weighted by atomic mass is 10.1. The minimum absolute atomic E-state index is 0.0711. The number of anilines is 1. The van der Waals surface area contributed by atoms with Crippen LogP contribution >= 0.6 is 11.8 Å². The standard InChI is InChI=1S/C25H23N5O3S/c1-17-8-11-20(12-9-17)29-23(14-19-6-4-3-5-7-19)27-28-25(29)34-16-24(31)26-22-15-21(30(32)33)13-10-18(22)2/h3-13,15H,14,16H2,1-2H3,(H,26,31). The first kappa shape index (κ1) is 23.2. The van der Waals surface area contributed by atoms with Crippen molar-refractivity contribution in [1.82, 2.24) is 14.8 Å². The van der Waals surface area contributed by atoms with Gasteiger partial charge in [-0.2, -0.15) is 0 Å². The number of hydrogen-bond donors (Lipinski definition) is 1. The molecule has 4 aromatic rings. The molecule has 0 aliphatic heterocycles. The van der Waals surface area contributed by atoms with Crippen molar-refractivity contribution < 1.29 is 9.72 Å². The van der Waals surface area contributed by atoms with Crippen molar-refractivity contribution in [3.05, 3.63) is 105 Å². The first-order valence-electron chi connectivity index (χ1n) is 10.6. The molecule has 3 aromatic carbocycles. The Labute approximate surface area is 201 Å². The second kappa shape index (κ2) is 10.3. The normalized spacial score (nSPS) is 10.8. The van der Waals surface area contributed by atoms with Crippen LogP contribution in [0, 0.1) is 24.0 Å². The summed E-state index contributed by atoms with van der Waals surface area (Å²) in [6, 6.07) is 22.5. The molecular weight excluding hydrogens is 450 g/mol. The second-order valence-corrected chi connectivity index (χ2v) is 8.77. The average Bonchev–Trinajstić information content (AvgIpc) is 3.22. The topological polar surface area (TPSA) is 103 Å². The Morgan fingerprint density at radius 2 is 1.76 bits per heavy atom. The molecule has 0 spiro atoms. The lowest BCUT2D eigenvalue weighted by Gasteiger charge is -2.11. The SMILES string of the molecule is Cc1ccc(-n2c(Cc3ccccc3)nnc2SCC(=O)Nc2cc([N+](=O)[O-])ccc2C)cc1. The van der Waals surface area contributed by atoms with Gasteiger partial charge in [-0.1, -0.05) is 65.9 Å². The number of aryl methyl sites for hydroxylation is 2. The number of nitro groups is 1. The number of thioether (sulfide) groups is 1. The quantitative estimate of drug-likeness (QED) is 0.217. The van der Waals surface area contributed by atoms with E-state index in [0.29, 0.717) is 17.3 Å². The van der Waals surface area contributed by atoms with Crippen LogP contribution in [0.3, 0.4) is 0 Å². The summed E-state index contributed by atoms with van der Waals surface area (Å²) < 4.78 is 1.96. The molecule has 0 atom stereocenters. The van der Waals surface area contributed by atoms with Crippen molar-refractivity contribution in [2.75, 3.05) is 11.1 Å². The van der Waals surface area contributed by atoms with Gasteiger partial charge in [0.25, 0.3) is 5.69 Å². The molecule has 1 amide bonds. The van der Waals surface area contributed by atoms with Crippen molar-refractivity contribution in [2.45, 2.75) is 25.4 Å². The van der Waals surface area contributed by atoms with E-state index in [1.165, 1.54) is 23.9 Å². The van der Waals surface area contributed by atoms with E-state index in [4.69, 9.17) is 0 Å². The fraction of sp³-hybridized carbons (Fsp3) is 0.160. The van der Waals surface area contributed by atoms with Gasteiger partial charge in [0.1, 0.15) is 5.82 Å². The highest BCUT2D eigenvalue weighted by atomic mass is 32.2. The fourth-order valence-corrected chi connectivity index (χ4v) is 4.19. The molecule has 0 aliphatic carbocycles. The number of nitro benzene ring substituents is 1. The van der Waals surface area contributed by atoms with Crippen LogP contribution in [0.2, 0.25) is 0 Å². The number of benzene rings is 3. The number of hydrogen-bond acceptors (Lipinski definition) is 6. The van der Waals surface area contributed by atoms with Crippen LogP contribution in [0.5, 0.6) is 0 Å². The van der Waals surface area contributed by atoms with Crippen LogP contribution in [0.1, 0.15) is 22.5 Å². The number of rotatable bonds is 8. The van der Waals surface area contributed by atoms with E-state index in [-0.39, 0.29) is 17.3 Å². The largest absolute Gasteiger partial charge is 0.325 e. The smallest absolute Gasteiger partial charge is 0.271 e. The number of nitrogens with zero attached hydrogens (tertiary/aromatic N) is 4. The van der Waals surface area contributed by atoms with E-state index in [1.807, 2.05) is 66.1 Å². The Bertz CT molecular complexity index is 1320. The lowest BCUT2D eigenvalue weighted by Crippen LogP contribution is -2.15. The first-order chi connectivity index (χ1) is 16.4. The molecule has 0 aliphatic rings. The van der Waals surface area contributed by atoms with Gasteiger partial charge in [0.05, 0.1) is 16.4 Å². The summed E-state index contributed by atoms with van der Waals surface area (Å²) in [6.07, 6.45) is 0.599. The third-order valence-electron chi connectivity index (χ3n) is 5.24. The molecule has 0 bridgehead atoms. The molecule has 4 rings (SSSR count). The molecule has 0 radical (unpaired) electrons. The number of non-ortho nitro benzene ring substituents is 1. The average molecular weight is 474 g/mol. The van der Waals surface area contributed by atoms with E-state index in [2.05, 4.69) is 15.5 Å². The molecule has 34 heavy (non-hydrogen) atoms. The van der Waals surface area contributed by atoms with Gasteiger partial charge >= 0.3 is 0 Å². The lowest BCUT2D eigenvalue weighted by molar-refractivity contribution is -0.384. The van der Waals surface area contributed by atoms with Crippen molar-refractivity contribution >= 4 is 29.0 Å². The summed E-state index contributed by atoms with van der Waals surface area (Å²) in [4.78, 5) is 23.2. The van der Waals surface area contributed by atoms with Gasteiger partial charge in [-0.05, 0) is 37.1 Å². The van der Waals surface area contributed by atoms with Crippen molar-refractivity contribution in [3.8, 4) is 5.69 Å². The van der Waals surface area contributed by atoms with Gasteiger partial charge in [-0.15, -0.1) is 10.2 Å². The maximum absolute atomic E-state index is 12.7. The number of amides is 1. The molecule has 1 N–H and O–H groups in total. The zero-order valence-electron chi connectivity index (χ0n) is 18.8. The molecule has 0 unspecified atom stereocenters. The van der Waals surface area contributed by atoms with E-state index in [0.717, 1.165) is 28.2 Å². The summed E-state index contributed by atoms with van der Waals surface area (Å²) in [5.41, 5.74) is 4.26. The Kier molecular flexibility index (Phi) is 7.03. The highest BCUT2D eigenvalue weighted by Gasteiger charge is 2.17. The summed E-state index contributed by atoms with van der Waals surface area (Å²) >= 11 is 1.26. The molecular formula is C25H23N5O3S. The summed E-state index contributed by atoms with van der Waals surface area (Å²) in [5, 5.41) is 23.2.